The van der Waals surface area contributed by atoms with E-state index in [-0.39, 0.29) is 0 Å². The minimum Gasteiger partial charge on any atom is -0.269 e. The highest BCUT2D eigenvalue weighted by Crippen LogP contribution is 2.29. The third-order valence-electron chi connectivity index (χ3n) is 4.00. The van der Waals surface area contributed by atoms with E-state index in [0.717, 1.165) is 16.3 Å². The molecule has 0 radical (unpaired) electrons. The van der Waals surface area contributed by atoms with Gasteiger partial charge in [0.25, 0.3) is 0 Å². The number of benzene rings is 1. The molecule has 1 saturated carbocycles. The van der Waals surface area contributed by atoms with E-state index < -0.39 is 9.84 Å². The van der Waals surface area contributed by atoms with Crippen LogP contribution in [0.1, 0.15) is 37.4 Å². The Hall–Kier alpha value is -1.27. The predicted octanol–water partition coefficient (Wildman–Crippen LogP) is 3.69. The Morgan fingerprint density at radius 3 is 2.50 bits per heavy atom. The first kappa shape index (κ1) is 15.6. The fraction of sp³-hybridized carbons (Fsp3) is 0.438. The lowest BCUT2D eigenvalue weighted by molar-refractivity contribution is 0.464. The van der Waals surface area contributed by atoms with E-state index in [0.29, 0.717) is 10.9 Å². The van der Waals surface area contributed by atoms with Crippen molar-refractivity contribution < 1.29 is 8.42 Å². The SMILES string of the molecule is CS(=O)(=O)c1ccc(SCc2ccn(C3CCCC3)n2)cc1. The Bertz CT molecular complexity index is 730. The van der Waals surface area contributed by atoms with Crippen LogP contribution in [0, 0.1) is 0 Å². The zero-order valence-corrected chi connectivity index (χ0v) is 14.2. The summed E-state index contributed by atoms with van der Waals surface area (Å²) in [4.78, 5) is 1.42. The summed E-state index contributed by atoms with van der Waals surface area (Å²) in [6, 6.07) is 9.69. The Morgan fingerprint density at radius 2 is 1.86 bits per heavy atom. The molecule has 118 valence electrons. The van der Waals surface area contributed by atoms with Gasteiger partial charge in [0, 0.05) is 23.1 Å². The van der Waals surface area contributed by atoms with Gasteiger partial charge >= 0.3 is 0 Å². The lowest BCUT2D eigenvalue weighted by Gasteiger charge is -2.08. The van der Waals surface area contributed by atoms with E-state index in [4.69, 9.17) is 0 Å². The van der Waals surface area contributed by atoms with Crippen molar-refractivity contribution in [2.75, 3.05) is 6.26 Å². The number of hydrogen-bond acceptors (Lipinski definition) is 4. The molecule has 0 saturated heterocycles. The highest BCUT2D eigenvalue weighted by atomic mass is 32.2. The summed E-state index contributed by atoms with van der Waals surface area (Å²) in [5.74, 6) is 0.804. The average molecular weight is 336 g/mol. The minimum atomic E-state index is -3.12. The summed E-state index contributed by atoms with van der Waals surface area (Å²) in [5.41, 5.74) is 1.07. The smallest absolute Gasteiger partial charge is 0.175 e. The van der Waals surface area contributed by atoms with Crippen LogP contribution in [-0.2, 0) is 15.6 Å². The Kier molecular flexibility index (Phi) is 4.59. The van der Waals surface area contributed by atoms with E-state index in [1.54, 1.807) is 23.9 Å². The number of nitrogens with zero attached hydrogens (tertiary/aromatic N) is 2. The molecule has 0 aliphatic heterocycles. The van der Waals surface area contributed by atoms with Gasteiger partial charge in [-0.2, -0.15) is 5.10 Å². The number of thioether (sulfide) groups is 1. The molecule has 0 spiro atoms. The highest BCUT2D eigenvalue weighted by molar-refractivity contribution is 7.98. The molecule has 6 heteroatoms. The van der Waals surface area contributed by atoms with Gasteiger partial charge in [-0.15, -0.1) is 11.8 Å². The van der Waals surface area contributed by atoms with Crippen LogP contribution >= 0.6 is 11.8 Å². The Labute approximate surface area is 135 Å². The van der Waals surface area contributed by atoms with Crippen LogP contribution in [-0.4, -0.2) is 24.5 Å². The molecular formula is C16H20N2O2S2. The normalized spacial score (nSPS) is 16.2. The third kappa shape index (κ3) is 3.73. The van der Waals surface area contributed by atoms with E-state index in [2.05, 4.69) is 22.0 Å². The standard InChI is InChI=1S/C16H20N2O2S2/c1-22(19,20)16-8-6-15(7-9-16)21-12-13-10-11-18(17-13)14-4-2-3-5-14/h6-11,14H,2-5,12H2,1H3. The molecule has 0 bridgehead atoms. The van der Waals surface area contributed by atoms with Crippen LogP contribution in [0.25, 0.3) is 0 Å². The van der Waals surface area contributed by atoms with Crippen LogP contribution in [0.2, 0.25) is 0 Å². The maximum atomic E-state index is 11.4. The molecule has 2 aromatic rings. The Morgan fingerprint density at radius 1 is 1.18 bits per heavy atom. The number of hydrogen-bond donors (Lipinski definition) is 0. The van der Waals surface area contributed by atoms with Crippen molar-refractivity contribution >= 4 is 21.6 Å². The van der Waals surface area contributed by atoms with E-state index in [9.17, 15) is 8.42 Å². The highest BCUT2D eigenvalue weighted by Gasteiger charge is 2.17. The number of aromatic nitrogens is 2. The van der Waals surface area contributed by atoms with Crippen LogP contribution in [0.4, 0.5) is 0 Å². The van der Waals surface area contributed by atoms with Crippen molar-refractivity contribution in [1.82, 2.24) is 9.78 Å². The molecule has 1 aromatic carbocycles. The van der Waals surface area contributed by atoms with Crippen molar-refractivity contribution in [3.05, 3.63) is 42.2 Å². The first-order chi connectivity index (χ1) is 10.5. The quantitative estimate of drug-likeness (QED) is 0.781. The molecule has 0 atom stereocenters. The summed E-state index contributed by atoms with van der Waals surface area (Å²) in [6.45, 7) is 0. The fourth-order valence-corrected chi connectivity index (χ4v) is 4.19. The zero-order valence-electron chi connectivity index (χ0n) is 12.6. The van der Waals surface area contributed by atoms with Gasteiger partial charge < -0.3 is 0 Å². The molecular weight excluding hydrogens is 316 g/mol. The van der Waals surface area contributed by atoms with Gasteiger partial charge in [0.2, 0.25) is 0 Å². The molecule has 3 rings (SSSR count). The minimum absolute atomic E-state index is 0.363. The largest absolute Gasteiger partial charge is 0.269 e. The summed E-state index contributed by atoms with van der Waals surface area (Å²) in [6.07, 6.45) is 8.40. The van der Waals surface area contributed by atoms with Crippen LogP contribution < -0.4 is 0 Å². The van der Waals surface area contributed by atoms with Crippen LogP contribution in [0.3, 0.4) is 0 Å². The Balaban J connectivity index is 1.60. The van der Waals surface area contributed by atoms with Gasteiger partial charge in [-0.3, -0.25) is 4.68 Å². The number of rotatable bonds is 5. The van der Waals surface area contributed by atoms with Crippen molar-refractivity contribution in [2.24, 2.45) is 0 Å². The topological polar surface area (TPSA) is 52.0 Å². The van der Waals surface area contributed by atoms with Crippen molar-refractivity contribution in [3.8, 4) is 0 Å². The molecule has 1 fully saturated rings. The van der Waals surface area contributed by atoms with E-state index in [1.807, 2.05) is 12.1 Å². The molecule has 1 aliphatic rings. The summed E-state index contributed by atoms with van der Waals surface area (Å²) in [5, 5.41) is 4.66. The van der Waals surface area contributed by atoms with Gasteiger partial charge in [-0.1, -0.05) is 12.8 Å². The van der Waals surface area contributed by atoms with Gasteiger partial charge in [0.15, 0.2) is 9.84 Å². The molecule has 22 heavy (non-hydrogen) atoms. The number of sulfone groups is 1. The average Bonchev–Trinajstić information content (AvgIpc) is 3.15. The van der Waals surface area contributed by atoms with Crippen LogP contribution in [0.15, 0.2) is 46.3 Å². The van der Waals surface area contributed by atoms with Gasteiger partial charge in [0.05, 0.1) is 16.6 Å². The monoisotopic (exact) mass is 336 g/mol. The maximum absolute atomic E-state index is 11.4. The molecule has 1 aliphatic carbocycles. The first-order valence-corrected chi connectivity index (χ1v) is 10.4. The summed E-state index contributed by atoms with van der Waals surface area (Å²) < 4.78 is 25.0. The van der Waals surface area contributed by atoms with Gasteiger partial charge in [-0.05, 0) is 43.2 Å². The van der Waals surface area contributed by atoms with E-state index >= 15 is 0 Å². The summed E-state index contributed by atoms with van der Waals surface area (Å²) in [7, 11) is -3.12. The molecule has 1 heterocycles. The lowest BCUT2D eigenvalue weighted by atomic mass is 10.3. The molecule has 1 aromatic heterocycles. The molecule has 0 N–H and O–H groups in total. The van der Waals surface area contributed by atoms with Crippen molar-refractivity contribution in [1.29, 1.82) is 0 Å². The van der Waals surface area contributed by atoms with E-state index in [1.165, 1.54) is 31.9 Å². The van der Waals surface area contributed by atoms with Crippen LogP contribution in [0.5, 0.6) is 0 Å². The lowest BCUT2D eigenvalue weighted by Crippen LogP contribution is -2.05. The third-order valence-corrected chi connectivity index (χ3v) is 6.18. The van der Waals surface area contributed by atoms with Crippen molar-refractivity contribution in [3.63, 3.8) is 0 Å². The van der Waals surface area contributed by atoms with Crippen molar-refractivity contribution in [2.45, 2.75) is 47.3 Å². The second kappa shape index (κ2) is 6.46. The second-order valence-corrected chi connectivity index (χ2v) is 8.82. The first-order valence-electron chi connectivity index (χ1n) is 7.49. The zero-order chi connectivity index (χ0) is 15.6. The molecule has 4 nitrogen and oxygen atoms in total. The fourth-order valence-electron chi connectivity index (χ4n) is 2.77. The molecule has 0 unspecified atom stereocenters. The summed E-state index contributed by atoms with van der Waals surface area (Å²) >= 11 is 1.68. The maximum Gasteiger partial charge on any atom is 0.175 e. The van der Waals surface area contributed by atoms with Gasteiger partial charge in [-0.25, -0.2) is 8.42 Å². The molecule has 0 amide bonds. The predicted molar refractivity (Wildman–Crippen MR) is 88.8 cm³/mol. The van der Waals surface area contributed by atoms with Gasteiger partial charge in [0.1, 0.15) is 0 Å². The second-order valence-electron chi connectivity index (χ2n) is 5.76.